The molecule has 5 nitrogen and oxygen atoms in total. The molecule has 4 aliphatic rings. The van der Waals surface area contributed by atoms with E-state index in [1.807, 2.05) is 49.1 Å². The van der Waals surface area contributed by atoms with Crippen LogP contribution in [-0.4, -0.2) is 21.2 Å². The van der Waals surface area contributed by atoms with E-state index in [1.165, 1.54) is 22.3 Å². The fourth-order valence-electron chi connectivity index (χ4n) is 15.1. The maximum atomic E-state index is 10.0. The average Bonchev–Trinajstić information content (AvgIpc) is 0.934. The molecule has 0 saturated carbocycles. The van der Waals surface area contributed by atoms with Crippen molar-refractivity contribution >= 4 is 79.0 Å². The number of hydrogen-bond donors (Lipinski definition) is 0. The van der Waals surface area contributed by atoms with Crippen LogP contribution in [0.3, 0.4) is 0 Å². The summed E-state index contributed by atoms with van der Waals surface area (Å²) in [5.41, 5.74) is 20.6. The van der Waals surface area contributed by atoms with Gasteiger partial charge in [0.2, 0.25) is 0 Å². The molecule has 86 heavy (non-hydrogen) atoms. The van der Waals surface area contributed by atoms with E-state index in [0.717, 1.165) is 121 Å². The largest absolute Gasteiger partial charge is 0.310 e. The van der Waals surface area contributed by atoms with E-state index in [-0.39, 0.29) is 55.6 Å². The van der Waals surface area contributed by atoms with Crippen LogP contribution in [0.5, 0.6) is 0 Å². The van der Waals surface area contributed by atoms with Crippen LogP contribution in [0.2, 0.25) is 0 Å². The summed E-state index contributed by atoms with van der Waals surface area (Å²) in [6.45, 7) is 18.7. The van der Waals surface area contributed by atoms with Gasteiger partial charge in [0.05, 0.1) is 39.1 Å². The molecule has 0 atom stereocenters. The Kier molecular flexibility index (Phi) is 9.84. The predicted octanol–water partition coefficient (Wildman–Crippen LogP) is 19.0. The molecule has 3 aromatic heterocycles. The molecule has 2 aliphatic heterocycles. The summed E-state index contributed by atoms with van der Waals surface area (Å²) in [6, 6.07) is 52.5. The number of aromatic nitrogens is 3. The summed E-state index contributed by atoms with van der Waals surface area (Å²) in [5.74, 6) is 0. The normalized spacial score (nSPS) is 17.8. The molecule has 0 saturated heterocycles. The summed E-state index contributed by atoms with van der Waals surface area (Å²) >= 11 is 0. The molecule has 12 aromatic rings. The number of nitrogens with zero attached hydrogens (tertiary/aromatic N) is 5. The highest BCUT2D eigenvalue weighted by molar-refractivity contribution is 7.00. The number of fused-ring (bicyclic) bond motifs is 9. The highest BCUT2D eigenvalue weighted by Gasteiger charge is 2.50. The van der Waals surface area contributed by atoms with Gasteiger partial charge < -0.3 is 14.4 Å². The molecule has 2 aliphatic carbocycles. The first-order valence-corrected chi connectivity index (χ1v) is 30.3. The maximum absolute atomic E-state index is 10.0. The fraction of sp³-hybridized carbons (Fsp3) is 0.200. The highest BCUT2D eigenvalue weighted by Crippen LogP contribution is 2.57. The zero-order valence-corrected chi connectivity index (χ0v) is 50.0. The van der Waals surface area contributed by atoms with Crippen LogP contribution in [0, 0.1) is 0 Å². The Morgan fingerprint density at radius 1 is 0.384 bits per heavy atom. The maximum Gasteiger partial charge on any atom is 0.252 e. The summed E-state index contributed by atoms with van der Waals surface area (Å²) < 4.78 is 78.2. The summed E-state index contributed by atoms with van der Waals surface area (Å²) in [6.07, 6.45) is 11.8. The fourth-order valence-corrected chi connectivity index (χ4v) is 15.1. The van der Waals surface area contributed by atoms with Gasteiger partial charge in [-0.2, -0.15) is 0 Å². The van der Waals surface area contributed by atoms with Gasteiger partial charge in [0.25, 0.3) is 6.71 Å². The first kappa shape index (κ1) is 44.3. The Labute approximate surface area is 518 Å². The van der Waals surface area contributed by atoms with Gasteiger partial charge in [-0.3, -0.25) is 9.97 Å². The van der Waals surface area contributed by atoms with Gasteiger partial charge in [-0.05, 0) is 145 Å². The lowest BCUT2D eigenvalue weighted by Crippen LogP contribution is -2.62. The van der Waals surface area contributed by atoms with E-state index >= 15 is 0 Å². The number of anilines is 6. The number of rotatable bonds is 7. The second kappa shape index (κ2) is 19.1. The zero-order valence-electron chi connectivity index (χ0n) is 58.0. The van der Waals surface area contributed by atoms with Crippen molar-refractivity contribution in [1.29, 1.82) is 0 Å². The van der Waals surface area contributed by atoms with Crippen molar-refractivity contribution in [3.63, 3.8) is 0 Å². The Morgan fingerprint density at radius 2 is 0.698 bits per heavy atom. The van der Waals surface area contributed by atoms with Crippen LogP contribution < -0.4 is 26.2 Å². The van der Waals surface area contributed by atoms with Gasteiger partial charge in [-0.1, -0.05) is 225 Å². The molecular formula is C80H70BN5. The zero-order chi connectivity index (χ0) is 65.4. The standard InChI is InChI=1S/C80H70BN5/c1-77(2)37-39-79(5,6)64-45-70-66(43-62(64)77)81-67-44-63-65(80(7,8)40-38-78(63,3)4)46-71(67)86(76-60(53-29-17-11-18-30-53)49-83-50-61(76)54-31-19-12-20-32-54)73-42-55(84-68-35-23-21-33-56(68)57-34-22-24-36-69(57)84)41-72(74(73)81)85(70)75-58(51-25-13-9-14-26-51)47-82-48-59(75)52-27-15-10-16-28-52/h9-36,41-50H,37-40H2,1-8H3/i21D,22D,23D,24D,33D,34D,35D,36D. The van der Waals surface area contributed by atoms with Crippen molar-refractivity contribution in [3.8, 4) is 50.2 Å². The van der Waals surface area contributed by atoms with E-state index in [4.69, 9.17) is 12.7 Å². The van der Waals surface area contributed by atoms with E-state index in [2.05, 4.69) is 199 Å². The van der Waals surface area contributed by atoms with Crippen molar-refractivity contribution in [3.05, 3.63) is 253 Å². The van der Waals surface area contributed by atoms with Gasteiger partial charge in [0.15, 0.2) is 0 Å². The van der Waals surface area contributed by atoms with Crippen molar-refractivity contribution < 1.29 is 11.0 Å². The molecule has 16 rings (SSSR count). The van der Waals surface area contributed by atoms with Crippen molar-refractivity contribution in [2.75, 3.05) is 9.80 Å². The van der Waals surface area contributed by atoms with Crippen LogP contribution in [0.1, 0.15) is 114 Å². The molecule has 0 spiro atoms. The van der Waals surface area contributed by atoms with Crippen molar-refractivity contribution in [1.82, 2.24) is 14.5 Å². The van der Waals surface area contributed by atoms with Crippen LogP contribution in [0.25, 0.3) is 72.0 Å². The third kappa shape index (κ3) is 7.91. The minimum atomic E-state index is -0.499. The Morgan fingerprint density at radius 3 is 1.03 bits per heavy atom. The molecular weight excluding hydrogens is 1040 g/mol. The quantitative estimate of drug-likeness (QED) is 0.149. The number of para-hydroxylation sites is 2. The van der Waals surface area contributed by atoms with Crippen LogP contribution in [0.4, 0.5) is 34.1 Å². The van der Waals surface area contributed by atoms with E-state index in [9.17, 15) is 8.22 Å². The lowest BCUT2D eigenvalue weighted by atomic mass is 9.32. The molecule has 0 bridgehead atoms. The van der Waals surface area contributed by atoms with E-state index in [0.29, 0.717) is 5.69 Å². The minimum Gasteiger partial charge on any atom is -0.310 e. The molecule has 0 unspecified atom stereocenters. The van der Waals surface area contributed by atoms with Crippen molar-refractivity contribution in [2.24, 2.45) is 0 Å². The Bertz CT molecular complexity index is 4770. The Balaban J connectivity index is 1.19. The Hall–Kier alpha value is -9.26. The SMILES string of the molecule is [2H]c1c([2H])c([2H])c2c(c1[2H])c1c([2H])c([2H])c([2H])c([2H])c1n2-c1cc2c3c(c1)N(c1c(-c4ccccc4)cncc1-c1ccccc1)c1cc4c(cc1B3c1cc3c(cc1N2c1c(-c2ccccc2)cncc1-c1ccccc1)C(C)(C)CCC3(C)C)C(C)(C)CCC4(C)C. The van der Waals surface area contributed by atoms with Gasteiger partial charge >= 0.3 is 0 Å². The number of pyridine rings is 2. The lowest BCUT2D eigenvalue weighted by Gasteiger charge is -2.49. The lowest BCUT2D eigenvalue weighted by molar-refractivity contribution is 0.332. The van der Waals surface area contributed by atoms with E-state index in [1.54, 1.807) is 4.57 Å². The molecule has 0 amide bonds. The second-order valence-corrected chi connectivity index (χ2v) is 26.9. The molecule has 0 N–H and O–H groups in total. The second-order valence-electron chi connectivity index (χ2n) is 26.9. The molecule has 9 aromatic carbocycles. The van der Waals surface area contributed by atoms with Gasteiger partial charge in [-0.15, -0.1) is 0 Å². The average molecular weight is 1120 g/mol. The number of benzene rings is 9. The highest BCUT2D eigenvalue weighted by atomic mass is 15.2. The predicted molar refractivity (Wildman–Crippen MR) is 363 cm³/mol. The van der Waals surface area contributed by atoms with Crippen LogP contribution in [0.15, 0.2) is 231 Å². The van der Waals surface area contributed by atoms with Crippen molar-refractivity contribution in [2.45, 2.75) is 103 Å². The summed E-state index contributed by atoms with van der Waals surface area (Å²) in [4.78, 5) is 15.1. The molecule has 0 radical (unpaired) electrons. The van der Waals surface area contributed by atoms with Gasteiger partial charge in [-0.25, -0.2) is 0 Å². The third-order valence-electron chi connectivity index (χ3n) is 19.9. The monoisotopic (exact) mass is 1120 g/mol. The van der Waals surface area contributed by atoms with Crippen LogP contribution >= 0.6 is 0 Å². The van der Waals surface area contributed by atoms with Crippen LogP contribution in [-0.2, 0) is 21.7 Å². The van der Waals surface area contributed by atoms with Gasteiger partial charge in [0, 0.05) is 80.6 Å². The summed E-state index contributed by atoms with van der Waals surface area (Å²) in [7, 11) is 0. The first-order valence-electron chi connectivity index (χ1n) is 34.3. The summed E-state index contributed by atoms with van der Waals surface area (Å²) in [5, 5.41) is 0.0154. The van der Waals surface area contributed by atoms with E-state index < -0.39 is 43.0 Å². The molecule has 5 heterocycles. The topological polar surface area (TPSA) is 37.2 Å². The third-order valence-corrected chi connectivity index (χ3v) is 19.9. The first-order chi connectivity index (χ1) is 45.0. The smallest absolute Gasteiger partial charge is 0.252 e. The number of hydrogen-bond acceptors (Lipinski definition) is 4. The molecule has 0 fully saturated rings. The molecule has 418 valence electrons. The van der Waals surface area contributed by atoms with Gasteiger partial charge in [0.1, 0.15) is 0 Å². The minimum absolute atomic E-state index is 0.00770. The molecule has 6 heteroatoms.